The molecule has 1 heterocycles. The lowest BCUT2D eigenvalue weighted by atomic mass is 10.1. The minimum atomic E-state index is -0.497. The van der Waals surface area contributed by atoms with Crippen molar-refractivity contribution >= 4 is 38.3 Å². The van der Waals surface area contributed by atoms with Gasteiger partial charge in [0.25, 0.3) is 0 Å². The molecule has 0 aliphatic carbocycles. The quantitative estimate of drug-likeness (QED) is 0.691. The second kappa shape index (κ2) is 7.58. The number of hydrogen-bond acceptors (Lipinski definition) is 5. The number of nitrogens with zero attached hydrogens (tertiary/aromatic N) is 1. The molecule has 3 rings (SSSR count). The van der Waals surface area contributed by atoms with Gasteiger partial charge in [0.15, 0.2) is 0 Å². The number of anilines is 1. The Bertz CT molecular complexity index is 949. The Morgan fingerprint density at radius 1 is 1.15 bits per heavy atom. The van der Waals surface area contributed by atoms with E-state index in [4.69, 9.17) is 4.74 Å². The Morgan fingerprint density at radius 2 is 1.88 bits per heavy atom. The van der Waals surface area contributed by atoms with Gasteiger partial charge in [-0.1, -0.05) is 30.3 Å². The van der Waals surface area contributed by atoms with Crippen LogP contribution in [0.15, 0.2) is 48.5 Å². The molecule has 26 heavy (non-hydrogen) atoms. The molecule has 3 aromatic rings. The number of carbonyl (C=O) groups is 2. The van der Waals surface area contributed by atoms with Crippen LogP contribution in [-0.4, -0.2) is 30.6 Å². The summed E-state index contributed by atoms with van der Waals surface area (Å²) in [6.07, 6.45) is 0.667. The summed E-state index contributed by atoms with van der Waals surface area (Å²) in [5.74, 6) is -0.537. The first kappa shape index (κ1) is 17.9. The van der Waals surface area contributed by atoms with E-state index in [1.807, 2.05) is 30.3 Å². The normalized spacial score (nSPS) is 10.7. The van der Waals surface area contributed by atoms with Crippen molar-refractivity contribution in [3.8, 4) is 5.75 Å². The van der Waals surface area contributed by atoms with E-state index in [-0.39, 0.29) is 11.7 Å². The van der Waals surface area contributed by atoms with E-state index in [0.717, 1.165) is 10.3 Å². The molecule has 0 atom stereocenters. The fourth-order valence-electron chi connectivity index (χ4n) is 2.85. The zero-order valence-corrected chi connectivity index (χ0v) is 15.4. The summed E-state index contributed by atoms with van der Waals surface area (Å²) >= 11 is 1.30. The molecule has 1 N–H and O–H groups in total. The third-order valence-corrected chi connectivity index (χ3v) is 5.31. The average molecular weight is 369 g/mol. The van der Waals surface area contributed by atoms with Crippen molar-refractivity contribution in [1.82, 2.24) is 0 Å². The molecule has 134 valence electrons. The second-order valence-corrected chi connectivity index (χ2v) is 6.89. The van der Waals surface area contributed by atoms with Crippen LogP contribution in [0.2, 0.25) is 0 Å². The Balaban J connectivity index is 2.04. The van der Waals surface area contributed by atoms with Gasteiger partial charge in [0, 0.05) is 23.6 Å². The molecule has 1 aromatic heterocycles. The Kier molecular flexibility index (Phi) is 5.23. The number of methoxy groups -OCH3 is 1. The van der Waals surface area contributed by atoms with Crippen molar-refractivity contribution in [2.75, 3.05) is 18.6 Å². The van der Waals surface area contributed by atoms with Gasteiger partial charge < -0.3 is 14.7 Å². The number of phenols is 1. The minimum absolute atomic E-state index is 0.111. The zero-order chi connectivity index (χ0) is 18.7. The van der Waals surface area contributed by atoms with Gasteiger partial charge in [0.05, 0.1) is 7.11 Å². The molecule has 6 heteroatoms. The van der Waals surface area contributed by atoms with E-state index in [9.17, 15) is 14.7 Å². The van der Waals surface area contributed by atoms with E-state index < -0.39 is 5.97 Å². The van der Waals surface area contributed by atoms with Crippen molar-refractivity contribution in [3.05, 3.63) is 59.7 Å². The van der Waals surface area contributed by atoms with Crippen LogP contribution in [0.4, 0.5) is 5.00 Å². The predicted octanol–water partition coefficient (Wildman–Crippen LogP) is 3.99. The lowest BCUT2D eigenvalue weighted by molar-refractivity contribution is -0.116. The largest absolute Gasteiger partial charge is 0.508 e. The van der Waals surface area contributed by atoms with Crippen molar-refractivity contribution in [1.29, 1.82) is 0 Å². The molecule has 0 radical (unpaired) electrons. The number of benzene rings is 2. The molecule has 0 unspecified atom stereocenters. The van der Waals surface area contributed by atoms with Crippen LogP contribution in [0.3, 0.4) is 0 Å². The number of hydrogen-bond donors (Lipinski definition) is 1. The van der Waals surface area contributed by atoms with Crippen molar-refractivity contribution in [2.24, 2.45) is 0 Å². The van der Waals surface area contributed by atoms with Crippen LogP contribution in [0.5, 0.6) is 5.75 Å². The highest BCUT2D eigenvalue weighted by molar-refractivity contribution is 7.23. The van der Waals surface area contributed by atoms with E-state index in [1.165, 1.54) is 31.4 Å². The SMILES string of the molecule is COC(=O)c1c(N(CCc2ccccc2)C(C)=O)sc2cc(O)ccc12. The number of amides is 1. The standard InChI is InChI=1S/C20H19NO4S/c1-13(22)21(11-10-14-6-4-3-5-7-14)19-18(20(24)25-2)16-9-8-15(23)12-17(16)26-19/h3-9,12,23H,10-11H2,1-2H3. The Morgan fingerprint density at radius 3 is 2.54 bits per heavy atom. The Hall–Kier alpha value is -2.86. The molecule has 0 saturated heterocycles. The van der Waals surface area contributed by atoms with Gasteiger partial charge in [0.1, 0.15) is 16.3 Å². The number of carbonyl (C=O) groups excluding carboxylic acids is 2. The number of fused-ring (bicyclic) bond motifs is 1. The summed E-state index contributed by atoms with van der Waals surface area (Å²) in [5, 5.41) is 10.9. The molecule has 2 aromatic carbocycles. The summed E-state index contributed by atoms with van der Waals surface area (Å²) in [7, 11) is 1.32. The van der Waals surface area contributed by atoms with E-state index in [0.29, 0.717) is 28.9 Å². The lowest BCUT2D eigenvalue weighted by Crippen LogP contribution is -2.31. The van der Waals surface area contributed by atoms with Crippen LogP contribution < -0.4 is 4.90 Å². The predicted molar refractivity (Wildman–Crippen MR) is 103 cm³/mol. The fraction of sp³-hybridized carbons (Fsp3) is 0.200. The maximum atomic E-state index is 12.4. The van der Waals surface area contributed by atoms with E-state index >= 15 is 0 Å². The molecule has 0 aliphatic heterocycles. The van der Waals surface area contributed by atoms with Crippen LogP contribution in [0.1, 0.15) is 22.8 Å². The summed E-state index contributed by atoms with van der Waals surface area (Å²) in [5.41, 5.74) is 1.47. The molecular weight excluding hydrogens is 350 g/mol. The third kappa shape index (κ3) is 3.55. The van der Waals surface area contributed by atoms with E-state index in [2.05, 4.69) is 0 Å². The molecule has 0 bridgehead atoms. The van der Waals surface area contributed by atoms with Crippen molar-refractivity contribution < 1.29 is 19.4 Å². The maximum Gasteiger partial charge on any atom is 0.341 e. The summed E-state index contributed by atoms with van der Waals surface area (Å²) in [6, 6.07) is 14.6. The molecule has 0 saturated carbocycles. The highest BCUT2D eigenvalue weighted by Crippen LogP contribution is 2.40. The molecule has 0 spiro atoms. The van der Waals surface area contributed by atoms with Crippen LogP contribution in [0, 0.1) is 0 Å². The first-order valence-corrected chi connectivity index (χ1v) is 8.98. The molecular formula is C20H19NO4S. The third-order valence-electron chi connectivity index (χ3n) is 4.14. The van der Waals surface area contributed by atoms with Gasteiger partial charge >= 0.3 is 5.97 Å². The Labute approximate surface area is 155 Å². The summed E-state index contributed by atoms with van der Waals surface area (Å²) in [6.45, 7) is 1.93. The van der Waals surface area contributed by atoms with Gasteiger partial charge in [-0.05, 0) is 30.2 Å². The lowest BCUT2D eigenvalue weighted by Gasteiger charge is -2.20. The van der Waals surface area contributed by atoms with Crippen LogP contribution in [0.25, 0.3) is 10.1 Å². The smallest absolute Gasteiger partial charge is 0.341 e. The molecule has 0 aliphatic rings. The van der Waals surface area contributed by atoms with Gasteiger partial charge in [-0.15, -0.1) is 11.3 Å². The van der Waals surface area contributed by atoms with E-state index in [1.54, 1.807) is 17.0 Å². The van der Waals surface area contributed by atoms with Crippen LogP contribution in [-0.2, 0) is 16.0 Å². The number of ether oxygens (including phenoxy) is 1. The number of rotatable bonds is 5. The molecule has 5 nitrogen and oxygen atoms in total. The number of aromatic hydroxyl groups is 1. The van der Waals surface area contributed by atoms with Gasteiger partial charge in [-0.25, -0.2) is 4.79 Å². The highest BCUT2D eigenvalue weighted by Gasteiger charge is 2.26. The number of thiophene rings is 1. The summed E-state index contributed by atoms with van der Waals surface area (Å²) < 4.78 is 5.66. The van der Waals surface area contributed by atoms with Crippen LogP contribution >= 0.6 is 11.3 Å². The fourth-order valence-corrected chi connectivity index (χ4v) is 4.14. The van der Waals surface area contributed by atoms with Crippen molar-refractivity contribution in [2.45, 2.75) is 13.3 Å². The summed E-state index contributed by atoms with van der Waals surface area (Å²) in [4.78, 5) is 26.3. The molecule has 1 amide bonds. The minimum Gasteiger partial charge on any atom is -0.508 e. The average Bonchev–Trinajstić information content (AvgIpc) is 2.99. The van der Waals surface area contributed by atoms with Gasteiger partial charge in [0.2, 0.25) is 5.91 Å². The number of phenolic OH excluding ortho intramolecular Hbond substituents is 1. The topological polar surface area (TPSA) is 66.8 Å². The maximum absolute atomic E-state index is 12.4. The van der Waals surface area contributed by atoms with Gasteiger partial charge in [-0.2, -0.15) is 0 Å². The first-order chi connectivity index (χ1) is 12.5. The number of esters is 1. The van der Waals surface area contributed by atoms with Crippen molar-refractivity contribution in [3.63, 3.8) is 0 Å². The monoisotopic (exact) mass is 369 g/mol. The first-order valence-electron chi connectivity index (χ1n) is 8.17. The van der Waals surface area contributed by atoms with Gasteiger partial charge in [-0.3, -0.25) is 4.79 Å². The highest BCUT2D eigenvalue weighted by atomic mass is 32.1. The zero-order valence-electron chi connectivity index (χ0n) is 14.6. The molecule has 0 fully saturated rings. The second-order valence-electron chi connectivity index (χ2n) is 5.86.